The van der Waals surface area contributed by atoms with E-state index >= 15 is 0 Å². The fourth-order valence-corrected chi connectivity index (χ4v) is 4.01. The van der Waals surface area contributed by atoms with Crippen LogP contribution in [-0.4, -0.2) is 41.5 Å². The van der Waals surface area contributed by atoms with Gasteiger partial charge in [-0.2, -0.15) is 0 Å². The van der Waals surface area contributed by atoms with E-state index < -0.39 is 0 Å². The van der Waals surface area contributed by atoms with E-state index in [1.807, 2.05) is 35.9 Å². The predicted octanol–water partition coefficient (Wildman–Crippen LogP) is 2.15. The van der Waals surface area contributed by atoms with E-state index in [9.17, 15) is 9.59 Å². The summed E-state index contributed by atoms with van der Waals surface area (Å²) in [4.78, 5) is 26.6. The number of benzene rings is 1. The van der Waals surface area contributed by atoms with E-state index in [-0.39, 0.29) is 24.0 Å². The summed E-state index contributed by atoms with van der Waals surface area (Å²) < 4.78 is 6.84. The van der Waals surface area contributed by atoms with Gasteiger partial charge in [0.2, 0.25) is 5.91 Å². The van der Waals surface area contributed by atoms with Crippen molar-refractivity contribution in [2.24, 2.45) is 0 Å². The van der Waals surface area contributed by atoms with Gasteiger partial charge in [0.1, 0.15) is 6.04 Å². The Morgan fingerprint density at radius 2 is 2.09 bits per heavy atom. The lowest BCUT2D eigenvalue weighted by Gasteiger charge is -2.40. The van der Waals surface area contributed by atoms with Crippen LogP contribution < -0.4 is 0 Å². The van der Waals surface area contributed by atoms with Crippen molar-refractivity contribution in [3.05, 3.63) is 35.5 Å². The molecular weight excluding hydrogens is 280 g/mol. The van der Waals surface area contributed by atoms with Crippen molar-refractivity contribution in [2.45, 2.75) is 31.3 Å². The van der Waals surface area contributed by atoms with Gasteiger partial charge in [0, 0.05) is 23.9 Å². The van der Waals surface area contributed by atoms with E-state index in [1.165, 1.54) is 7.11 Å². The second-order valence-corrected chi connectivity index (χ2v) is 6.07. The average Bonchev–Trinajstić information content (AvgIpc) is 2.87. The topological polar surface area (TPSA) is 51.5 Å². The highest BCUT2D eigenvalue weighted by Crippen LogP contribution is 2.43. The minimum atomic E-state index is -0.282. The normalized spacial score (nSPS) is 24.4. The van der Waals surface area contributed by atoms with E-state index in [0.29, 0.717) is 12.8 Å². The number of esters is 1. The van der Waals surface area contributed by atoms with Gasteiger partial charge in [-0.3, -0.25) is 19.1 Å². The van der Waals surface area contributed by atoms with Crippen LogP contribution in [0.1, 0.15) is 34.9 Å². The monoisotopic (exact) mass is 298 g/mol. The van der Waals surface area contributed by atoms with Gasteiger partial charge in [0.15, 0.2) is 0 Å². The summed E-state index contributed by atoms with van der Waals surface area (Å²) in [6.45, 7) is 0. The number of nitrogens with zero attached hydrogens (tertiary/aromatic N) is 2. The number of carbonyl (C=O) groups excluding carboxylic acids is 2. The second-order valence-electron chi connectivity index (χ2n) is 6.07. The third-order valence-corrected chi connectivity index (χ3v) is 5.07. The molecule has 0 spiro atoms. The Morgan fingerprint density at radius 1 is 1.32 bits per heavy atom. The molecule has 0 amide bonds. The van der Waals surface area contributed by atoms with Crippen molar-refractivity contribution in [2.75, 3.05) is 14.2 Å². The zero-order chi connectivity index (χ0) is 15.4. The van der Waals surface area contributed by atoms with E-state index in [1.54, 1.807) is 0 Å². The van der Waals surface area contributed by atoms with Crippen molar-refractivity contribution in [1.82, 2.24) is 9.47 Å². The summed E-state index contributed by atoms with van der Waals surface area (Å²) in [5, 5.41) is 1.08. The molecule has 2 aromatic rings. The standard InChI is InChI=1S/C17H18N2O3/c1-18-13-7-8-15(20)19-12-6-4-3-5-10(12)11(16(13)19)9-14(18)17(21)22-2/h3-6,13-14H,7-9H2,1-2H3/t13?,14-/m0/s1. The van der Waals surface area contributed by atoms with Crippen LogP contribution in [0.15, 0.2) is 24.3 Å². The Balaban J connectivity index is 1.99. The van der Waals surface area contributed by atoms with Crippen LogP contribution in [0.4, 0.5) is 0 Å². The number of rotatable bonds is 1. The van der Waals surface area contributed by atoms with E-state index in [4.69, 9.17) is 4.74 Å². The minimum absolute atomic E-state index is 0.0953. The summed E-state index contributed by atoms with van der Waals surface area (Å²) in [5.74, 6) is -0.0551. The van der Waals surface area contributed by atoms with Crippen LogP contribution >= 0.6 is 0 Å². The molecule has 2 aliphatic heterocycles. The zero-order valence-electron chi connectivity index (χ0n) is 12.7. The van der Waals surface area contributed by atoms with Crippen molar-refractivity contribution in [3.8, 4) is 0 Å². The molecule has 0 bridgehead atoms. The Morgan fingerprint density at radius 3 is 2.86 bits per heavy atom. The molecule has 1 aromatic carbocycles. The van der Waals surface area contributed by atoms with Crippen LogP contribution in [0.3, 0.4) is 0 Å². The lowest BCUT2D eigenvalue weighted by atomic mass is 9.88. The number of fused-ring (bicyclic) bond motifs is 3. The fraction of sp³-hybridized carbons (Fsp3) is 0.412. The van der Waals surface area contributed by atoms with Crippen molar-refractivity contribution < 1.29 is 14.3 Å². The van der Waals surface area contributed by atoms with Gasteiger partial charge in [-0.05, 0) is 25.1 Å². The number of ether oxygens (including phenoxy) is 1. The number of hydrogen-bond donors (Lipinski definition) is 0. The summed E-state index contributed by atoms with van der Waals surface area (Å²) >= 11 is 0. The Bertz CT molecular complexity index is 793. The molecule has 3 heterocycles. The second kappa shape index (κ2) is 4.68. The Kier molecular flexibility index (Phi) is 2.87. The van der Waals surface area contributed by atoms with Gasteiger partial charge in [-0.1, -0.05) is 18.2 Å². The molecule has 5 heteroatoms. The zero-order valence-corrected chi connectivity index (χ0v) is 12.7. The molecule has 2 aliphatic rings. The van der Waals surface area contributed by atoms with Gasteiger partial charge in [-0.25, -0.2) is 0 Å². The molecule has 0 fully saturated rings. The summed E-state index contributed by atoms with van der Waals surface area (Å²) in [6, 6.07) is 7.78. The highest BCUT2D eigenvalue weighted by atomic mass is 16.5. The molecule has 0 saturated heterocycles. The van der Waals surface area contributed by atoms with E-state index in [2.05, 4.69) is 4.90 Å². The maximum absolute atomic E-state index is 12.4. The van der Waals surface area contributed by atoms with Crippen LogP contribution in [0.25, 0.3) is 10.9 Å². The first-order chi connectivity index (χ1) is 10.6. The number of likely N-dealkylation sites (N-methyl/N-ethyl adjacent to an activating group) is 1. The molecule has 114 valence electrons. The maximum Gasteiger partial charge on any atom is 0.323 e. The summed E-state index contributed by atoms with van der Waals surface area (Å²) in [5.41, 5.74) is 3.16. The molecule has 0 aliphatic carbocycles. The SMILES string of the molecule is COC(=O)[C@@H]1Cc2c3n(c4ccccc24)C(=O)CCC3N1C. The largest absolute Gasteiger partial charge is 0.468 e. The number of hydrogen-bond acceptors (Lipinski definition) is 4. The first-order valence-electron chi connectivity index (χ1n) is 7.58. The third-order valence-electron chi connectivity index (χ3n) is 5.07. The Labute approximate surface area is 128 Å². The summed E-state index contributed by atoms with van der Waals surface area (Å²) in [6.07, 6.45) is 1.86. The molecule has 0 saturated carbocycles. The van der Waals surface area contributed by atoms with Gasteiger partial charge in [0.05, 0.1) is 18.7 Å². The van der Waals surface area contributed by atoms with Crippen LogP contribution in [0.5, 0.6) is 0 Å². The van der Waals surface area contributed by atoms with Gasteiger partial charge in [0.25, 0.3) is 0 Å². The van der Waals surface area contributed by atoms with Gasteiger partial charge >= 0.3 is 5.97 Å². The fourth-order valence-electron chi connectivity index (χ4n) is 4.01. The van der Waals surface area contributed by atoms with Gasteiger partial charge in [-0.15, -0.1) is 0 Å². The smallest absolute Gasteiger partial charge is 0.323 e. The molecule has 4 rings (SSSR count). The van der Waals surface area contributed by atoms with Crippen molar-refractivity contribution in [3.63, 3.8) is 0 Å². The quantitative estimate of drug-likeness (QED) is 0.757. The number of para-hydroxylation sites is 1. The number of methoxy groups -OCH3 is 1. The molecule has 2 atom stereocenters. The molecule has 0 N–H and O–H groups in total. The first kappa shape index (κ1) is 13.5. The molecule has 1 aromatic heterocycles. The lowest BCUT2D eigenvalue weighted by Crippen LogP contribution is -2.48. The number of carbonyl (C=O) groups is 2. The minimum Gasteiger partial charge on any atom is -0.468 e. The van der Waals surface area contributed by atoms with Gasteiger partial charge < -0.3 is 4.74 Å². The van der Waals surface area contributed by atoms with Crippen molar-refractivity contribution >= 4 is 22.8 Å². The Hall–Kier alpha value is -2.14. The third kappa shape index (κ3) is 1.63. The maximum atomic E-state index is 12.4. The summed E-state index contributed by atoms with van der Waals surface area (Å²) in [7, 11) is 3.38. The predicted molar refractivity (Wildman–Crippen MR) is 81.8 cm³/mol. The van der Waals surface area contributed by atoms with Crippen molar-refractivity contribution in [1.29, 1.82) is 0 Å². The van der Waals surface area contributed by atoms with Crippen LogP contribution in [0.2, 0.25) is 0 Å². The first-order valence-corrected chi connectivity index (χ1v) is 7.58. The lowest BCUT2D eigenvalue weighted by molar-refractivity contribution is -0.148. The molecule has 1 unspecified atom stereocenters. The molecule has 22 heavy (non-hydrogen) atoms. The van der Waals surface area contributed by atoms with Crippen LogP contribution in [-0.2, 0) is 16.0 Å². The van der Waals surface area contributed by atoms with E-state index in [0.717, 1.165) is 28.6 Å². The molecule has 5 nitrogen and oxygen atoms in total. The van der Waals surface area contributed by atoms with Crippen LogP contribution in [0, 0.1) is 0 Å². The molecular formula is C17H18N2O3. The average molecular weight is 298 g/mol. The number of aromatic nitrogens is 1. The molecule has 0 radical (unpaired) electrons. The highest BCUT2D eigenvalue weighted by Gasteiger charge is 2.42. The highest BCUT2D eigenvalue weighted by molar-refractivity contribution is 5.98.